The van der Waals surface area contributed by atoms with Crippen molar-refractivity contribution in [1.82, 2.24) is 24.7 Å². The van der Waals surface area contributed by atoms with Crippen LogP contribution in [-0.2, 0) is 6.54 Å². The van der Waals surface area contributed by atoms with Gasteiger partial charge in [0.1, 0.15) is 12.0 Å². The Balaban J connectivity index is 1.65. The van der Waals surface area contributed by atoms with Crippen molar-refractivity contribution in [2.75, 3.05) is 5.32 Å². The number of nitrogens with zero attached hydrogens (tertiary/aromatic N) is 5. The third-order valence-electron chi connectivity index (χ3n) is 4.79. The summed E-state index contributed by atoms with van der Waals surface area (Å²) in [6.45, 7) is 4.12. The molecule has 3 heterocycles. The van der Waals surface area contributed by atoms with Gasteiger partial charge in [-0.25, -0.2) is 15.0 Å². The highest BCUT2D eigenvalue weighted by Crippen LogP contribution is 2.22. The predicted molar refractivity (Wildman–Crippen MR) is 111 cm³/mol. The first kappa shape index (κ1) is 19.2. The summed E-state index contributed by atoms with van der Waals surface area (Å²) in [4.78, 5) is 37.3. The van der Waals surface area contributed by atoms with Gasteiger partial charge >= 0.3 is 0 Å². The van der Waals surface area contributed by atoms with Gasteiger partial charge in [-0.2, -0.15) is 5.10 Å². The number of nitrogens with one attached hydrogen (secondary N) is 1. The number of carbonyl (C=O) groups excluding carboxylic acids is 2. The molecule has 0 spiro atoms. The van der Waals surface area contributed by atoms with Crippen LogP contribution >= 0.6 is 0 Å². The SMILES string of the molecule is Cc1nn(Cc2ccncn2)c(C)c1NC(=O)c1cc(C(N)=O)c2ccccc2n1. The van der Waals surface area contributed by atoms with Crippen LogP contribution in [0.25, 0.3) is 10.9 Å². The Morgan fingerprint density at radius 3 is 2.70 bits per heavy atom. The zero-order valence-electron chi connectivity index (χ0n) is 16.5. The Morgan fingerprint density at radius 2 is 1.97 bits per heavy atom. The van der Waals surface area contributed by atoms with Gasteiger partial charge in [0.2, 0.25) is 5.91 Å². The van der Waals surface area contributed by atoms with Crippen LogP contribution in [0.1, 0.15) is 37.9 Å². The fourth-order valence-corrected chi connectivity index (χ4v) is 3.27. The molecule has 0 fully saturated rings. The molecule has 0 unspecified atom stereocenters. The first-order chi connectivity index (χ1) is 14.4. The highest BCUT2D eigenvalue weighted by molar-refractivity contribution is 6.10. The quantitative estimate of drug-likeness (QED) is 0.528. The largest absolute Gasteiger partial charge is 0.366 e. The number of nitrogens with two attached hydrogens (primary N) is 1. The number of hydrogen-bond donors (Lipinski definition) is 2. The number of primary amides is 1. The smallest absolute Gasteiger partial charge is 0.274 e. The molecule has 4 aromatic rings. The second-order valence-corrected chi connectivity index (χ2v) is 6.79. The van der Waals surface area contributed by atoms with E-state index >= 15 is 0 Å². The normalized spacial score (nSPS) is 10.9. The molecule has 0 saturated carbocycles. The van der Waals surface area contributed by atoms with Gasteiger partial charge in [-0.15, -0.1) is 0 Å². The van der Waals surface area contributed by atoms with Gasteiger partial charge in [-0.1, -0.05) is 18.2 Å². The van der Waals surface area contributed by atoms with Crippen LogP contribution in [0.15, 0.2) is 48.9 Å². The predicted octanol–water partition coefficient (Wildman–Crippen LogP) is 2.24. The molecule has 0 aliphatic carbocycles. The first-order valence-electron chi connectivity index (χ1n) is 9.24. The lowest BCUT2D eigenvalue weighted by Crippen LogP contribution is -2.18. The Bertz CT molecular complexity index is 1270. The maximum absolute atomic E-state index is 12.9. The summed E-state index contributed by atoms with van der Waals surface area (Å²) in [6, 6.07) is 10.3. The van der Waals surface area contributed by atoms with Gasteiger partial charge in [-0.05, 0) is 32.0 Å². The second kappa shape index (κ2) is 7.70. The molecule has 9 heteroatoms. The van der Waals surface area contributed by atoms with Gasteiger partial charge in [-0.3, -0.25) is 14.3 Å². The molecule has 0 bridgehead atoms. The highest BCUT2D eigenvalue weighted by Gasteiger charge is 2.19. The van der Waals surface area contributed by atoms with Crippen LogP contribution in [0.5, 0.6) is 0 Å². The summed E-state index contributed by atoms with van der Waals surface area (Å²) < 4.78 is 1.76. The molecule has 0 radical (unpaired) electrons. The second-order valence-electron chi connectivity index (χ2n) is 6.79. The number of fused-ring (bicyclic) bond motifs is 1. The molecular weight excluding hydrogens is 382 g/mol. The summed E-state index contributed by atoms with van der Waals surface area (Å²) in [5, 5.41) is 7.96. The van der Waals surface area contributed by atoms with E-state index in [4.69, 9.17) is 5.73 Å². The monoisotopic (exact) mass is 401 g/mol. The van der Waals surface area contributed by atoms with Crippen molar-refractivity contribution in [2.24, 2.45) is 5.73 Å². The topological polar surface area (TPSA) is 129 Å². The minimum absolute atomic E-state index is 0.102. The molecule has 1 aromatic carbocycles. The van der Waals surface area contributed by atoms with Crippen LogP contribution in [0.2, 0.25) is 0 Å². The molecule has 30 heavy (non-hydrogen) atoms. The number of benzene rings is 1. The maximum Gasteiger partial charge on any atom is 0.274 e. The highest BCUT2D eigenvalue weighted by atomic mass is 16.2. The van der Waals surface area contributed by atoms with E-state index in [0.29, 0.717) is 28.8 Å². The van der Waals surface area contributed by atoms with E-state index in [2.05, 4.69) is 25.4 Å². The summed E-state index contributed by atoms with van der Waals surface area (Å²) >= 11 is 0. The van der Waals surface area contributed by atoms with Crippen molar-refractivity contribution in [3.05, 3.63) is 77.3 Å². The summed E-state index contributed by atoms with van der Waals surface area (Å²) in [5.74, 6) is -1.07. The average molecular weight is 401 g/mol. The fraction of sp³-hybridized carbons (Fsp3) is 0.143. The number of rotatable bonds is 5. The van der Waals surface area contributed by atoms with Gasteiger partial charge in [0.15, 0.2) is 0 Å². The number of carbonyl (C=O) groups is 2. The van der Waals surface area contributed by atoms with Crippen LogP contribution < -0.4 is 11.1 Å². The van der Waals surface area contributed by atoms with E-state index < -0.39 is 11.8 Å². The molecule has 3 N–H and O–H groups in total. The summed E-state index contributed by atoms with van der Waals surface area (Å²) in [6.07, 6.45) is 3.14. The summed E-state index contributed by atoms with van der Waals surface area (Å²) in [7, 11) is 0. The number of hydrogen-bond acceptors (Lipinski definition) is 6. The number of aromatic nitrogens is 5. The van der Waals surface area contributed by atoms with E-state index in [-0.39, 0.29) is 11.3 Å². The van der Waals surface area contributed by atoms with Crippen LogP contribution in [-0.4, -0.2) is 36.5 Å². The molecule has 150 valence electrons. The van der Waals surface area contributed by atoms with Crippen molar-refractivity contribution >= 4 is 28.4 Å². The average Bonchev–Trinajstić information content (AvgIpc) is 3.00. The third kappa shape index (κ3) is 3.60. The van der Waals surface area contributed by atoms with Gasteiger partial charge in [0.25, 0.3) is 5.91 Å². The van der Waals surface area contributed by atoms with E-state index in [0.717, 1.165) is 11.4 Å². The third-order valence-corrected chi connectivity index (χ3v) is 4.79. The van der Waals surface area contributed by atoms with E-state index in [1.165, 1.54) is 12.4 Å². The number of aryl methyl sites for hydroxylation is 1. The van der Waals surface area contributed by atoms with Crippen LogP contribution in [0.4, 0.5) is 5.69 Å². The van der Waals surface area contributed by atoms with Crippen molar-refractivity contribution in [2.45, 2.75) is 20.4 Å². The van der Waals surface area contributed by atoms with E-state index in [9.17, 15) is 9.59 Å². The molecule has 2 amide bonds. The molecule has 4 rings (SSSR count). The zero-order valence-corrected chi connectivity index (χ0v) is 16.5. The molecule has 0 atom stereocenters. The van der Waals surface area contributed by atoms with Crippen molar-refractivity contribution in [3.8, 4) is 0 Å². The van der Waals surface area contributed by atoms with Crippen molar-refractivity contribution in [1.29, 1.82) is 0 Å². The zero-order chi connectivity index (χ0) is 21.3. The van der Waals surface area contributed by atoms with Gasteiger partial charge < -0.3 is 11.1 Å². The van der Waals surface area contributed by atoms with E-state index in [1.54, 1.807) is 41.2 Å². The standard InChI is InChI=1S/C21H19N7O2/c1-12-19(13(2)28(27-12)10-14-7-8-23-11-24-14)26-21(30)18-9-16(20(22)29)15-5-3-4-6-17(15)25-18/h3-9,11H,10H2,1-2H3,(H2,22,29)(H,26,30). The minimum atomic E-state index is -0.618. The van der Waals surface area contributed by atoms with Gasteiger partial charge in [0, 0.05) is 11.6 Å². The van der Waals surface area contributed by atoms with Crippen molar-refractivity contribution < 1.29 is 9.59 Å². The molecular formula is C21H19N7O2. The maximum atomic E-state index is 12.9. The molecule has 0 aliphatic rings. The summed E-state index contributed by atoms with van der Waals surface area (Å²) in [5.41, 5.74) is 9.20. The lowest BCUT2D eigenvalue weighted by atomic mass is 10.1. The number of anilines is 1. The first-order valence-corrected chi connectivity index (χ1v) is 9.24. The number of pyridine rings is 1. The van der Waals surface area contributed by atoms with Crippen LogP contribution in [0, 0.1) is 13.8 Å². The lowest BCUT2D eigenvalue weighted by Gasteiger charge is -2.09. The Morgan fingerprint density at radius 1 is 1.17 bits per heavy atom. The molecule has 0 saturated heterocycles. The van der Waals surface area contributed by atoms with E-state index in [1.807, 2.05) is 13.8 Å². The Kier molecular flexibility index (Phi) is 4.93. The Labute approximate surface area is 172 Å². The van der Waals surface area contributed by atoms with Gasteiger partial charge in [0.05, 0.1) is 40.4 Å². The number of amides is 2. The van der Waals surface area contributed by atoms with Crippen molar-refractivity contribution in [3.63, 3.8) is 0 Å². The molecule has 9 nitrogen and oxygen atoms in total. The van der Waals surface area contributed by atoms with Crippen LogP contribution in [0.3, 0.4) is 0 Å². The molecule has 3 aromatic heterocycles. The minimum Gasteiger partial charge on any atom is -0.366 e. The Hall–Kier alpha value is -4.14. The lowest BCUT2D eigenvalue weighted by molar-refractivity contribution is 0.100. The fourth-order valence-electron chi connectivity index (χ4n) is 3.27. The number of para-hydroxylation sites is 1. The molecule has 0 aliphatic heterocycles.